The van der Waals surface area contributed by atoms with Crippen LogP contribution in [-0.2, 0) is 4.79 Å². The molecular formula is C21H24N4OS. The van der Waals surface area contributed by atoms with Gasteiger partial charge in [-0.1, -0.05) is 85.3 Å². The predicted octanol–water partition coefficient (Wildman–Crippen LogP) is 4.53. The van der Waals surface area contributed by atoms with Gasteiger partial charge in [0.2, 0.25) is 11.1 Å². The minimum absolute atomic E-state index is 0.0102. The summed E-state index contributed by atoms with van der Waals surface area (Å²) in [4.78, 5) is 16.9. The van der Waals surface area contributed by atoms with Gasteiger partial charge in [-0.25, -0.2) is 4.98 Å². The van der Waals surface area contributed by atoms with Gasteiger partial charge in [-0.15, -0.1) is 5.10 Å². The van der Waals surface area contributed by atoms with E-state index >= 15 is 0 Å². The molecule has 0 aliphatic rings. The number of nitrogens with zero attached hydrogens (tertiary/aromatic N) is 2. The summed E-state index contributed by atoms with van der Waals surface area (Å²) in [6.07, 6.45) is 1.92. The second kappa shape index (κ2) is 9.37. The van der Waals surface area contributed by atoms with Crippen LogP contribution in [-0.4, -0.2) is 26.8 Å². The quantitative estimate of drug-likeness (QED) is 0.563. The summed E-state index contributed by atoms with van der Waals surface area (Å²) >= 11 is 1.34. The van der Waals surface area contributed by atoms with Gasteiger partial charge >= 0.3 is 0 Å². The van der Waals surface area contributed by atoms with Crippen LogP contribution in [0.4, 0.5) is 0 Å². The van der Waals surface area contributed by atoms with Gasteiger partial charge in [0.1, 0.15) is 0 Å². The number of thioether (sulfide) groups is 1. The molecule has 140 valence electrons. The first-order valence-electron chi connectivity index (χ1n) is 9.12. The molecule has 0 saturated heterocycles. The van der Waals surface area contributed by atoms with Crippen molar-refractivity contribution in [1.29, 1.82) is 0 Å². The lowest BCUT2D eigenvalue weighted by atomic mass is 10.0. The molecule has 0 unspecified atom stereocenters. The highest BCUT2D eigenvalue weighted by Crippen LogP contribution is 2.21. The van der Waals surface area contributed by atoms with Crippen LogP contribution in [0, 0.1) is 6.92 Å². The van der Waals surface area contributed by atoms with Crippen molar-refractivity contribution < 1.29 is 4.79 Å². The lowest BCUT2D eigenvalue weighted by Crippen LogP contribution is -2.29. The molecule has 1 amide bonds. The SMILES string of the molecule is CCC[C@H](NC(=O)CSc1n[nH]c(-c2ccc(C)cc2)n1)c1ccccc1. The summed E-state index contributed by atoms with van der Waals surface area (Å²) in [5.74, 6) is 0.994. The number of aromatic nitrogens is 3. The number of nitrogens with one attached hydrogen (secondary N) is 2. The van der Waals surface area contributed by atoms with E-state index in [1.54, 1.807) is 0 Å². The largest absolute Gasteiger partial charge is 0.349 e. The number of carbonyl (C=O) groups is 1. The van der Waals surface area contributed by atoms with E-state index in [4.69, 9.17) is 0 Å². The van der Waals surface area contributed by atoms with Gasteiger partial charge in [-0.05, 0) is 18.9 Å². The van der Waals surface area contributed by atoms with E-state index in [1.807, 2.05) is 49.4 Å². The van der Waals surface area contributed by atoms with Crippen molar-refractivity contribution in [3.05, 3.63) is 65.7 Å². The monoisotopic (exact) mass is 380 g/mol. The van der Waals surface area contributed by atoms with Crippen LogP contribution < -0.4 is 5.32 Å². The normalized spacial score (nSPS) is 11.9. The fourth-order valence-corrected chi connectivity index (χ4v) is 3.42. The molecule has 0 saturated carbocycles. The first kappa shape index (κ1) is 19.2. The number of rotatable bonds is 8. The number of aromatic amines is 1. The third-order valence-corrected chi connectivity index (χ3v) is 5.08. The Hall–Kier alpha value is -2.60. The minimum atomic E-state index is -0.0102. The number of hydrogen-bond donors (Lipinski definition) is 2. The highest BCUT2D eigenvalue weighted by molar-refractivity contribution is 7.99. The molecule has 0 fully saturated rings. The molecule has 2 N–H and O–H groups in total. The first-order chi connectivity index (χ1) is 13.2. The molecule has 0 spiro atoms. The van der Waals surface area contributed by atoms with Crippen molar-refractivity contribution in [2.45, 2.75) is 37.9 Å². The number of benzene rings is 2. The first-order valence-corrected chi connectivity index (χ1v) is 10.1. The molecule has 1 atom stereocenters. The van der Waals surface area contributed by atoms with Crippen LogP contribution in [0.15, 0.2) is 59.8 Å². The summed E-state index contributed by atoms with van der Waals surface area (Å²) in [6.45, 7) is 4.17. The standard InChI is InChI=1S/C21H24N4OS/c1-3-7-18(16-8-5-4-6-9-16)22-19(26)14-27-21-23-20(24-25-21)17-12-10-15(2)11-13-17/h4-6,8-13,18H,3,7,14H2,1-2H3,(H,22,26)(H,23,24,25)/t18-/m0/s1. The number of amides is 1. The van der Waals surface area contributed by atoms with E-state index in [0.717, 1.165) is 24.0 Å². The third-order valence-electron chi connectivity index (χ3n) is 4.24. The Kier molecular flexibility index (Phi) is 6.65. The Morgan fingerprint density at radius 2 is 1.89 bits per heavy atom. The molecule has 2 aromatic carbocycles. The van der Waals surface area contributed by atoms with Gasteiger partial charge < -0.3 is 5.32 Å². The maximum atomic E-state index is 12.4. The molecule has 1 heterocycles. The highest BCUT2D eigenvalue weighted by atomic mass is 32.2. The molecule has 0 aliphatic carbocycles. The van der Waals surface area contributed by atoms with Gasteiger partial charge in [-0.2, -0.15) is 0 Å². The van der Waals surface area contributed by atoms with Crippen LogP contribution in [0.25, 0.3) is 11.4 Å². The van der Waals surface area contributed by atoms with Crippen LogP contribution in [0.5, 0.6) is 0 Å². The van der Waals surface area contributed by atoms with Gasteiger partial charge in [0.15, 0.2) is 5.82 Å². The van der Waals surface area contributed by atoms with E-state index in [2.05, 4.69) is 39.6 Å². The average Bonchev–Trinajstić information content (AvgIpc) is 3.16. The lowest BCUT2D eigenvalue weighted by Gasteiger charge is -2.18. The predicted molar refractivity (Wildman–Crippen MR) is 110 cm³/mol. The maximum absolute atomic E-state index is 12.4. The molecule has 0 aliphatic heterocycles. The fourth-order valence-electron chi connectivity index (χ4n) is 2.81. The number of H-pyrrole nitrogens is 1. The van der Waals surface area contributed by atoms with E-state index in [9.17, 15) is 4.79 Å². The molecule has 0 radical (unpaired) electrons. The lowest BCUT2D eigenvalue weighted by molar-refractivity contribution is -0.119. The minimum Gasteiger partial charge on any atom is -0.349 e. The van der Waals surface area contributed by atoms with Gasteiger partial charge in [-0.3, -0.25) is 9.89 Å². The van der Waals surface area contributed by atoms with Gasteiger partial charge in [0, 0.05) is 5.56 Å². The second-order valence-electron chi connectivity index (χ2n) is 6.44. The fraction of sp³-hybridized carbons (Fsp3) is 0.286. The summed E-state index contributed by atoms with van der Waals surface area (Å²) < 4.78 is 0. The van der Waals surface area contributed by atoms with E-state index in [0.29, 0.717) is 11.0 Å². The van der Waals surface area contributed by atoms with E-state index in [-0.39, 0.29) is 17.7 Å². The van der Waals surface area contributed by atoms with Crippen molar-refractivity contribution in [2.24, 2.45) is 0 Å². The van der Waals surface area contributed by atoms with Crippen molar-refractivity contribution in [1.82, 2.24) is 20.5 Å². The second-order valence-corrected chi connectivity index (χ2v) is 7.38. The third kappa shape index (κ3) is 5.44. The number of hydrogen-bond acceptors (Lipinski definition) is 4. The Bertz CT molecular complexity index is 861. The summed E-state index contributed by atoms with van der Waals surface area (Å²) in [7, 11) is 0. The van der Waals surface area contributed by atoms with Crippen LogP contribution in [0.1, 0.15) is 36.9 Å². The molecule has 3 rings (SSSR count). The summed E-state index contributed by atoms with van der Waals surface area (Å²) in [5, 5.41) is 10.8. The Balaban J connectivity index is 1.56. The molecule has 0 bridgehead atoms. The Labute approximate surface area is 164 Å². The van der Waals surface area contributed by atoms with Crippen LogP contribution in [0.3, 0.4) is 0 Å². The molecule has 6 heteroatoms. The zero-order valence-corrected chi connectivity index (χ0v) is 16.4. The highest BCUT2D eigenvalue weighted by Gasteiger charge is 2.15. The van der Waals surface area contributed by atoms with Crippen molar-refractivity contribution in [2.75, 3.05) is 5.75 Å². The molecule has 3 aromatic rings. The van der Waals surface area contributed by atoms with E-state index < -0.39 is 0 Å². The molecule has 27 heavy (non-hydrogen) atoms. The summed E-state index contributed by atoms with van der Waals surface area (Å²) in [5.41, 5.74) is 3.32. The van der Waals surface area contributed by atoms with Crippen LogP contribution in [0.2, 0.25) is 0 Å². The zero-order chi connectivity index (χ0) is 19.1. The average molecular weight is 381 g/mol. The van der Waals surface area contributed by atoms with Crippen LogP contribution >= 0.6 is 11.8 Å². The van der Waals surface area contributed by atoms with Crippen molar-refractivity contribution in [3.63, 3.8) is 0 Å². The molecular weight excluding hydrogens is 356 g/mol. The number of aryl methyl sites for hydroxylation is 1. The van der Waals surface area contributed by atoms with Gasteiger partial charge in [0.25, 0.3) is 0 Å². The van der Waals surface area contributed by atoms with Crippen molar-refractivity contribution >= 4 is 17.7 Å². The van der Waals surface area contributed by atoms with E-state index in [1.165, 1.54) is 17.3 Å². The number of carbonyl (C=O) groups excluding carboxylic acids is 1. The van der Waals surface area contributed by atoms with Crippen molar-refractivity contribution in [3.8, 4) is 11.4 Å². The maximum Gasteiger partial charge on any atom is 0.230 e. The Morgan fingerprint density at radius 1 is 1.15 bits per heavy atom. The zero-order valence-electron chi connectivity index (χ0n) is 15.6. The molecule has 5 nitrogen and oxygen atoms in total. The van der Waals surface area contributed by atoms with Gasteiger partial charge in [0.05, 0.1) is 11.8 Å². The smallest absolute Gasteiger partial charge is 0.230 e. The Morgan fingerprint density at radius 3 is 2.59 bits per heavy atom. The molecule has 1 aromatic heterocycles. The summed E-state index contributed by atoms with van der Waals surface area (Å²) in [6, 6.07) is 18.2. The topological polar surface area (TPSA) is 70.7 Å².